The standard InChI is InChI=1S/C8H6BrClF3N/c9-4-2-1-3-5(10)6(4)7(14)8(11,12)13/h1-3,7H,14H2/t7-/m0/s1. The number of hydrogen-bond acceptors (Lipinski definition) is 1. The smallest absolute Gasteiger partial charge is 0.316 e. The van der Waals surface area contributed by atoms with E-state index in [-0.39, 0.29) is 15.1 Å². The van der Waals surface area contributed by atoms with Crippen LogP contribution in [0, 0.1) is 0 Å². The first-order valence-electron chi connectivity index (χ1n) is 3.60. The Morgan fingerprint density at radius 3 is 2.36 bits per heavy atom. The minimum atomic E-state index is -4.49. The van der Waals surface area contributed by atoms with Gasteiger partial charge in [0.2, 0.25) is 0 Å². The minimum absolute atomic E-state index is 0.00389. The number of rotatable bonds is 1. The van der Waals surface area contributed by atoms with E-state index in [1.807, 2.05) is 0 Å². The van der Waals surface area contributed by atoms with Crippen LogP contribution < -0.4 is 5.73 Å². The average Bonchev–Trinajstić information content (AvgIpc) is 2.01. The molecule has 0 heterocycles. The minimum Gasteiger partial charge on any atom is -0.316 e. The summed E-state index contributed by atoms with van der Waals surface area (Å²) in [4.78, 5) is 0. The molecule has 6 heteroatoms. The molecule has 0 spiro atoms. The van der Waals surface area contributed by atoms with Gasteiger partial charge in [-0.3, -0.25) is 0 Å². The number of hydrogen-bond donors (Lipinski definition) is 1. The molecule has 2 N–H and O–H groups in total. The van der Waals surface area contributed by atoms with E-state index in [0.29, 0.717) is 0 Å². The zero-order valence-corrected chi connectivity index (χ0v) is 9.12. The lowest BCUT2D eigenvalue weighted by Gasteiger charge is -2.18. The van der Waals surface area contributed by atoms with Gasteiger partial charge in [0.15, 0.2) is 0 Å². The highest BCUT2D eigenvalue weighted by Crippen LogP contribution is 2.37. The molecule has 0 radical (unpaired) electrons. The largest absolute Gasteiger partial charge is 0.407 e. The van der Waals surface area contributed by atoms with E-state index >= 15 is 0 Å². The van der Waals surface area contributed by atoms with Crippen LogP contribution in [-0.2, 0) is 0 Å². The topological polar surface area (TPSA) is 26.0 Å². The first-order valence-corrected chi connectivity index (χ1v) is 4.77. The Balaban J connectivity index is 3.19. The van der Waals surface area contributed by atoms with Gasteiger partial charge in [-0.25, -0.2) is 0 Å². The normalized spacial score (nSPS) is 14.1. The summed E-state index contributed by atoms with van der Waals surface area (Å²) < 4.78 is 37.1. The summed E-state index contributed by atoms with van der Waals surface area (Å²) >= 11 is 8.60. The molecule has 1 nitrogen and oxygen atoms in total. The zero-order chi connectivity index (χ0) is 10.9. The number of benzene rings is 1. The van der Waals surface area contributed by atoms with Crippen LogP contribution in [0.25, 0.3) is 0 Å². The van der Waals surface area contributed by atoms with E-state index in [2.05, 4.69) is 15.9 Å². The van der Waals surface area contributed by atoms with Crippen molar-refractivity contribution >= 4 is 27.5 Å². The second-order valence-corrected chi connectivity index (χ2v) is 3.92. The number of nitrogens with two attached hydrogens (primary N) is 1. The first kappa shape index (κ1) is 11.8. The molecule has 0 unspecified atom stereocenters. The molecule has 0 aromatic heterocycles. The summed E-state index contributed by atoms with van der Waals surface area (Å²) in [5.41, 5.74) is 4.90. The molecule has 0 fully saturated rings. The van der Waals surface area contributed by atoms with Gasteiger partial charge < -0.3 is 5.73 Å². The van der Waals surface area contributed by atoms with Crippen LogP contribution in [-0.4, -0.2) is 6.18 Å². The lowest BCUT2D eigenvalue weighted by atomic mass is 10.1. The van der Waals surface area contributed by atoms with Gasteiger partial charge in [-0.2, -0.15) is 13.2 Å². The van der Waals surface area contributed by atoms with Gasteiger partial charge in [0.1, 0.15) is 6.04 Å². The Morgan fingerprint density at radius 1 is 1.36 bits per heavy atom. The van der Waals surface area contributed by atoms with E-state index < -0.39 is 12.2 Å². The second-order valence-electron chi connectivity index (χ2n) is 2.65. The summed E-state index contributed by atoms with van der Waals surface area (Å²) in [5, 5.41) is 0.00389. The highest BCUT2D eigenvalue weighted by atomic mass is 79.9. The second kappa shape index (κ2) is 4.08. The van der Waals surface area contributed by atoms with Gasteiger partial charge in [-0.15, -0.1) is 0 Å². The predicted molar refractivity (Wildman–Crippen MR) is 52.1 cm³/mol. The fourth-order valence-electron chi connectivity index (χ4n) is 0.971. The van der Waals surface area contributed by atoms with Crippen molar-refractivity contribution in [2.75, 3.05) is 0 Å². The van der Waals surface area contributed by atoms with Crippen LogP contribution in [0.3, 0.4) is 0 Å². The molecule has 1 atom stereocenters. The molecule has 0 amide bonds. The maximum atomic E-state index is 12.3. The SMILES string of the molecule is N[C@@H](c1c(Cl)cccc1Br)C(F)(F)F. The molecule has 0 saturated carbocycles. The van der Waals surface area contributed by atoms with Crippen molar-refractivity contribution in [3.05, 3.63) is 33.3 Å². The molecule has 0 bridgehead atoms. The van der Waals surface area contributed by atoms with Gasteiger partial charge in [0, 0.05) is 15.1 Å². The van der Waals surface area contributed by atoms with E-state index in [1.54, 1.807) is 6.07 Å². The fourth-order valence-corrected chi connectivity index (χ4v) is 1.99. The highest BCUT2D eigenvalue weighted by Gasteiger charge is 2.39. The summed E-state index contributed by atoms with van der Waals surface area (Å²) in [5.74, 6) is 0. The molecule has 0 saturated heterocycles. The third-order valence-corrected chi connectivity index (χ3v) is 2.68. The summed E-state index contributed by atoms with van der Waals surface area (Å²) in [6.07, 6.45) is -4.49. The fraction of sp³-hybridized carbons (Fsp3) is 0.250. The predicted octanol–water partition coefficient (Wildman–Crippen LogP) is 3.66. The summed E-state index contributed by atoms with van der Waals surface area (Å²) in [6.45, 7) is 0. The van der Waals surface area contributed by atoms with Gasteiger partial charge in [-0.1, -0.05) is 33.6 Å². The maximum Gasteiger partial charge on any atom is 0.407 e. The molecule has 0 aliphatic carbocycles. The Hall–Kier alpha value is -0.260. The lowest BCUT2D eigenvalue weighted by Crippen LogP contribution is -2.29. The van der Waals surface area contributed by atoms with Crippen LogP contribution in [0.2, 0.25) is 5.02 Å². The molecule has 1 aromatic rings. The van der Waals surface area contributed by atoms with Crippen molar-refractivity contribution in [1.29, 1.82) is 0 Å². The Bertz CT molecular complexity index is 320. The van der Waals surface area contributed by atoms with Crippen molar-refractivity contribution in [1.82, 2.24) is 0 Å². The Kier molecular flexibility index (Phi) is 3.44. The molecule has 14 heavy (non-hydrogen) atoms. The van der Waals surface area contributed by atoms with E-state index in [1.165, 1.54) is 12.1 Å². The van der Waals surface area contributed by atoms with E-state index in [9.17, 15) is 13.2 Å². The number of alkyl halides is 3. The Morgan fingerprint density at radius 2 is 1.93 bits per heavy atom. The Labute approximate surface area is 92.2 Å². The molecule has 0 aliphatic rings. The van der Waals surface area contributed by atoms with Crippen molar-refractivity contribution in [3.63, 3.8) is 0 Å². The van der Waals surface area contributed by atoms with Gasteiger partial charge in [0.25, 0.3) is 0 Å². The zero-order valence-electron chi connectivity index (χ0n) is 6.78. The van der Waals surface area contributed by atoms with Crippen molar-refractivity contribution < 1.29 is 13.2 Å². The molecular weight excluding hydrogens is 282 g/mol. The molecule has 0 aliphatic heterocycles. The van der Waals surface area contributed by atoms with Crippen molar-refractivity contribution in [3.8, 4) is 0 Å². The lowest BCUT2D eigenvalue weighted by molar-refractivity contribution is -0.149. The molecular formula is C8H6BrClF3N. The molecule has 78 valence electrons. The van der Waals surface area contributed by atoms with Gasteiger partial charge >= 0.3 is 6.18 Å². The third-order valence-electron chi connectivity index (χ3n) is 1.66. The van der Waals surface area contributed by atoms with Crippen LogP contribution in [0.4, 0.5) is 13.2 Å². The summed E-state index contributed by atoms with van der Waals surface area (Å²) in [7, 11) is 0. The van der Waals surface area contributed by atoms with Crippen molar-refractivity contribution in [2.24, 2.45) is 5.73 Å². The van der Waals surface area contributed by atoms with E-state index in [0.717, 1.165) is 0 Å². The molecule has 1 aromatic carbocycles. The van der Waals surface area contributed by atoms with Gasteiger partial charge in [-0.05, 0) is 12.1 Å². The van der Waals surface area contributed by atoms with Crippen LogP contribution in [0.1, 0.15) is 11.6 Å². The van der Waals surface area contributed by atoms with Gasteiger partial charge in [0.05, 0.1) is 0 Å². The maximum absolute atomic E-state index is 12.3. The first-order chi connectivity index (χ1) is 6.34. The average molecular weight is 288 g/mol. The highest BCUT2D eigenvalue weighted by molar-refractivity contribution is 9.10. The molecule has 1 rings (SSSR count). The monoisotopic (exact) mass is 287 g/mol. The number of halogens is 5. The quantitative estimate of drug-likeness (QED) is 0.838. The summed E-state index contributed by atoms with van der Waals surface area (Å²) in [6, 6.07) is 2.31. The van der Waals surface area contributed by atoms with Crippen LogP contribution in [0.15, 0.2) is 22.7 Å². The van der Waals surface area contributed by atoms with E-state index in [4.69, 9.17) is 17.3 Å². The van der Waals surface area contributed by atoms with Crippen LogP contribution in [0.5, 0.6) is 0 Å². The third kappa shape index (κ3) is 2.40. The van der Waals surface area contributed by atoms with Crippen molar-refractivity contribution in [2.45, 2.75) is 12.2 Å². The van der Waals surface area contributed by atoms with Crippen LogP contribution >= 0.6 is 27.5 Å².